The topological polar surface area (TPSA) is 20.2 Å². The predicted octanol–water partition coefficient (Wildman–Crippen LogP) is 1.83. The summed E-state index contributed by atoms with van der Waals surface area (Å²) in [6, 6.07) is 0. The molecule has 0 atom stereocenters. The lowest BCUT2D eigenvalue weighted by molar-refractivity contribution is 0.343. The average Bonchev–Trinajstić information content (AvgIpc) is 1.97. The Morgan fingerprint density at radius 2 is 1.60 bits per heavy atom. The SMILES string of the molecule is C=C\C=C/C=C/C=C/CO. The summed E-state index contributed by atoms with van der Waals surface area (Å²) in [5.41, 5.74) is 0. The van der Waals surface area contributed by atoms with Crippen molar-refractivity contribution in [1.29, 1.82) is 0 Å². The van der Waals surface area contributed by atoms with E-state index in [0.717, 1.165) is 0 Å². The maximum atomic E-state index is 8.31. The van der Waals surface area contributed by atoms with Crippen LogP contribution in [0.2, 0.25) is 0 Å². The van der Waals surface area contributed by atoms with Gasteiger partial charge in [-0.2, -0.15) is 0 Å². The minimum absolute atomic E-state index is 0.0928. The molecule has 0 spiro atoms. The molecular formula is C9H12O. The third-order valence-electron chi connectivity index (χ3n) is 0.822. The van der Waals surface area contributed by atoms with Crippen LogP contribution in [0.1, 0.15) is 0 Å². The summed E-state index contributed by atoms with van der Waals surface area (Å²) in [7, 11) is 0. The highest BCUT2D eigenvalue weighted by Gasteiger charge is 1.61. The van der Waals surface area contributed by atoms with Crippen LogP contribution in [0.3, 0.4) is 0 Å². The molecule has 0 aromatic heterocycles. The molecule has 0 fully saturated rings. The Morgan fingerprint density at radius 3 is 2.20 bits per heavy atom. The van der Waals surface area contributed by atoms with Gasteiger partial charge in [-0.15, -0.1) is 0 Å². The molecule has 0 aromatic rings. The van der Waals surface area contributed by atoms with Crippen LogP contribution in [0, 0.1) is 0 Å². The van der Waals surface area contributed by atoms with Gasteiger partial charge >= 0.3 is 0 Å². The number of allylic oxidation sites excluding steroid dienone is 6. The van der Waals surface area contributed by atoms with E-state index in [2.05, 4.69) is 6.58 Å². The third-order valence-corrected chi connectivity index (χ3v) is 0.822. The number of aliphatic hydroxyl groups is 1. The van der Waals surface area contributed by atoms with E-state index in [1.165, 1.54) is 0 Å². The van der Waals surface area contributed by atoms with Crippen molar-refractivity contribution in [2.75, 3.05) is 6.61 Å². The molecule has 0 aliphatic heterocycles. The smallest absolute Gasteiger partial charge is 0.0615 e. The van der Waals surface area contributed by atoms with Crippen molar-refractivity contribution in [2.45, 2.75) is 0 Å². The Labute approximate surface area is 61.7 Å². The Bertz CT molecular complexity index is 152. The van der Waals surface area contributed by atoms with Crippen molar-refractivity contribution in [3.8, 4) is 0 Å². The van der Waals surface area contributed by atoms with E-state index in [0.29, 0.717) is 0 Å². The first kappa shape index (κ1) is 8.92. The fourth-order valence-electron chi connectivity index (χ4n) is 0.410. The molecule has 0 rings (SSSR count). The van der Waals surface area contributed by atoms with Gasteiger partial charge in [0.1, 0.15) is 0 Å². The van der Waals surface area contributed by atoms with Crippen LogP contribution in [-0.2, 0) is 0 Å². The van der Waals surface area contributed by atoms with Crippen LogP contribution in [0.15, 0.2) is 49.1 Å². The van der Waals surface area contributed by atoms with Gasteiger partial charge in [0.2, 0.25) is 0 Å². The molecule has 0 aromatic carbocycles. The average molecular weight is 136 g/mol. The number of hydrogen-bond donors (Lipinski definition) is 1. The summed E-state index contributed by atoms with van der Waals surface area (Å²) in [5, 5.41) is 8.31. The molecule has 0 amide bonds. The van der Waals surface area contributed by atoms with Crippen molar-refractivity contribution >= 4 is 0 Å². The molecule has 0 radical (unpaired) electrons. The van der Waals surface area contributed by atoms with Crippen molar-refractivity contribution in [3.05, 3.63) is 49.1 Å². The molecular weight excluding hydrogens is 124 g/mol. The second-order valence-corrected chi connectivity index (χ2v) is 1.62. The van der Waals surface area contributed by atoms with Crippen LogP contribution in [0.4, 0.5) is 0 Å². The zero-order valence-electron chi connectivity index (χ0n) is 5.90. The Morgan fingerprint density at radius 1 is 1.00 bits per heavy atom. The second-order valence-electron chi connectivity index (χ2n) is 1.62. The van der Waals surface area contributed by atoms with E-state index in [1.807, 2.05) is 24.3 Å². The van der Waals surface area contributed by atoms with Crippen LogP contribution in [0.25, 0.3) is 0 Å². The molecule has 0 bridgehead atoms. The largest absolute Gasteiger partial charge is 0.392 e. The highest BCUT2D eigenvalue weighted by molar-refractivity contribution is 5.14. The van der Waals surface area contributed by atoms with E-state index in [-0.39, 0.29) is 6.61 Å². The highest BCUT2D eigenvalue weighted by Crippen LogP contribution is 1.79. The molecule has 1 nitrogen and oxygen atoms in total. The lowest BCUT2D eigenvalue weighted by atomic mass is 10.4. The van der Waals surface area contributed by atoms with Gasteiger partial charge in [0.25, 0.3) is 0 Å². The minimum Gasteiger partial charge on any atom is -0.392 e. The number of aliphatic hydroxyl groups excluding tert-OH is 1. The Hall–Kier alpha value is -1.08. The predicted molar refractivity (Wildman–Crippen MR) is 44.7 cm³/mol. The monoisotopic (exact) mass is 136 g/mol. The van der Waals surface area contributed by atoms with Crippen molar-refractivity contribution < 1.29 is 5.11 Å². The first-order valence-electron chi connectivity index (χ1n) is 3.13. The van der Waals surface area contributed by atoms with Crippen LogP contribution in [0.5, 0.6) is 0 Å². The first-order valence-corrected chi connectivity index (χ1v) is 3.13. The minimum atomic E-state index is 0.0928. The fourth-order valence-corrected chi connectivity index (χ4v) is 0.410. The van der Waals surface area contributed by atoms with Crippen molar-refractivity contribution in [1.82, 2.24) is 0 Å². The number of hydrogen-bond acceptors (Lipinski definition) is 1. The van der Waals surface area contributed by atoms with Gasteiger partial charge in [-0.25, -0.2) is 0 Å². The molecule has 1 heteroatoms. The molecule has 54 valence electrons. The molecule has 0 saturated heterocycles. The summed E-state index contributed by atoms with van der Waals surface area (Å²) < 4.78 is 0. The Balaban J connectivity index is 3.46. The highest BCUT2D eigenvalue weighted by atomic mass is 16.2. The van der Waals surface area contributed by atoms with Gasteiger partial charge < -0.3 is 5.11 Å². The molecule has 0 unspecified atom stereocenters. The van der Waals surface area contributed by atoms with Gasteiger partial charge in [-0.1, -0.05) is 49.1 Å². The van der Waals surface area contributed by atoms with Gasteiger partial charge in [0.15, 0.2) is 0 Å². The van der Waals surface area contributed by atoms with E-state index in [1.54, 1.807) is 18.2 Å². The van der Waals surface area contributed by atoms with Gasteiger partial charge in [0, 0.05) is 0 Å². The van der Waals surface area contributed by atoms with E-state index in [9.17, 15) is 0 Å². The first-order chi connectivity index (χ1) is 4.91. The lowest BCUT2D eigenvalue weighted by Crippen LogP contribution is -1.66. The zero-order chi connectivity index (χ0) is 7.66. The summed E-state index contributed by atoms with van der Waals surface area (Å²) >= 11 is 0. The quantitative estimate of drug-likeness (QED) is 0.584. The summed E-state index contributed by atoms with van der Waals surface area (Å²) in [6.45, 7) is 3.61. The molecule has 0 heterocycles. The zero-order valence-corrected chi connectivity index (χ0v) is 5.90. The van der Waals surface area contributed by atoms with E-state index >= 15 is 0 Å². The lowest BCUT2D eigenvalue weighted by Gasteiger charge is -1.73. The van der Waals surface area contributed by atoms with Crippen LogP contribution >= 0.6 is 0 Å². The van der Waals surface area contributed by atoms with E-state index in [4.69, 9.17) is 5.11 Å². The normalized spacial score (nSPS) is 12.1. The van der Waals surface area contributed by atoms with Crippen LogP contribution < -0.4 is 0 Å². The third kappa shape index (κ3) is 6.92. The van der Waals surface area contributed by atoms with Gasteiger partial charge in [0.05, 0.1) is 6.61 Å². The summed E-state index contributed by atoms with van der Waals surface area (Å²) in [5.74, 6) is 0. The maximum absolute atomic E-state index is 8.31. The molecule has 0 aliphatic carbocycles. The molecule has 0 saturated carbocycles. The fraction of sp³-hybridized carbons (Fsp3) is 0.111. The number of rotatable bonds is 4. The molecule has 0 aliphatic rings. The van der Waals surface area contributed by atoms with E-state index < -0.39 is 0 Å². The summed E-state index contributed by atoms with van der Waals surface area (Å²) in [4.78, 5) is 0. The van der Waals surface area contributed by atoms with Gasteiger partial charge in [-0.05, 0) is 0 Å². The molecule has 1 N–H and O–H groups in total. The molecule has 10 heavy (non-hydrogen) atoms. The van der Waals surface area contributed by atoms with Crippen molar-refractivity contribution in [3.63, 3.8) is 0 Å². The Kier molecular flexibility index (Phi) is 7.06. The van der Waals surface area contributed by atoms with Crippen molar-refractivity contribution in [2.24, 2.45) is 0 Å². The van der Waals surface area contributed by atoms with Gasteiger partial charge in [-0.3, -0.25) is 0 Å². The maximum Gasteiger partial charge on any atom is 0.0615 e. The second kappa shape index (κ2) is 7.92. The standard InChI is InChI=1S/C9H12O/c1-2-3-4-5-6-7-8-9-10/h2-8,10H,1,9H2/b4-3-,6-5+,8-7+. The summed E-state index contributed by atoms with van der Waals surface area (Å²) in [6.07, 6.45) is 12.6. The van der Waals surface area contributed by atoms with Crippen LogP contribution in [-0.4, -0.2) is 11.7 Å².